The zero-order chi connectivity index (χ0) is 12.7. The molecule has 0 fully saturated rings. The Morgan fingerprint density at radius 3 is 2.68 bits per heavy atom. The number of nitrogens with zero attached hydrogens (tertiary/aromatic N) is 1. The SMILES string of the molecule is c1ccc2ncc(-c3ccc4[nH]ccc4c3)cc2c1. The fourth-order valence-corrected chi connectivity index (χ4v) is 2.46. The van der Waals surface area contributed by atoms with E-state index in [0.717, 1.165) is 16.6 Å². The molecule has 19 heavy (non-hydrogen) atoms. The van der Waals surface area contributed by atoms with Gasteiger partial charge in [-0.25, -0.2) is 0 Å². The summed E-state index contributed by atoms with van der Waals surface area (Å²) in [6.07, 6.45) is 3.91. The van der Waals surface area contributed by atoms with Crippen molar-refractivity contribution in [2.24, 2.45) is 0 Å². The van der Waals surface area contributed by atoms with Gasteiger partial charge in [-0.05, 0) is 41.3 Å². The number of para-hydroxylation sites is 1. The number of pyridine rings is 1. The van der Waals surface area contributed by atoms with Crippen molar-refractivity contribution in [3.05, 3.63) is 67.0 Å². The Labute approximate surface area is 110 Å². The van der Waals surface area contributed by atoms with E-state index in [9.17, 15) is 0 Å². The van der Waals surface area contributed by atoms with Gasteiger partial charge in [0.2, 0.25) is 0 Å². The molecule has 0 radical (unpaired) electrons. The van der Waals surface area contributed by atoms with E-state index in [1.54, 1.807) is 0 Å². The molecule has 2 aromatic heterocycles. The largest absolute Gasteiger partial charge is 0.361 e. The Kier molecular flexibility index (Phi) is 2.15. The molecule has 0 spiro atoms. The lowest BCUT2D eigenvalue weighted by Gasteiger charge is -2.04. The number of benzene rings is 2. The second-order valence-electron chi connectivity index (χ2n) is 4.70. The Bertz CT molecular complexity index is 874. The van der Waals surface area contributed by atoms with Gasteiger partial charge in [0, 0.05) is 28.9 Å². The van der Waals surface area contributed by atoms with Crippen LogP contribution in [0.5, 0.6) is 0 Å². The van der Waals surface area contributed by atoms with Crippen LogP contribution in [0.25, 0.3) is 32.9 Å². The van der Waals surface area contributed by atoms with Crippen LogP contribution < -0.4 is 0 Å². The summed E-state index contributed by atoms with van der Waals surface area (Å²) in [6, 6.07) is 18.9. The van der Waals surface area contributed by atoms with E-state index in [4.69, 9.17) is 0 Å². The Balaban J connectivity index is 1.92. The second-order valence-corrected chi connectivity index (χ2v) is 4.70. The predicted molar refractivity (Wildman–Crippen MR) is 79.0 cm³/mol. The quantitative estimate of drug-likeness (QED) is 0.528. The zero-order valence-corrected chi connectivity index (χ0v) is 10.3. The zero-order valence-electron chi connectivity index (χ0n) is 10.3. The first-order valence-corrected chi connectivity index (χ1v) is 6.32. The van der Waals surface area contributed by atoms with Crippen LogP contribution in [0.2, 0.25) is 0 Å². The number of aromatic amines is 1. The van der Waals surface area contributed by atoms with E-state index in [-0.39, 0.29) is 0 Å². The van der Waals surface area contributed by atoms with Gasteiger partial charge in [-0.3, -0.25) is 4.98 Å². The minimum absolute atomic E-state index is 1.04. The number of fused-ring (bicyclic) bond motifs is 2. The maximum atomic E-state index is 4.52. The molecule has 0 aliphatic heterocycles. The molecule has 0 aliphatic carbocycles. The number of H-pyrrole nitrogens is 1. The summed E-state index contributed by atoms with van der Waals surface area (Å²) in [5, 5.41) is 2.40. The van der Waals surface area contributed by atoms with Gasteiger partial charge in [0.05, 0.1) is 5.52 Å². The fourth-order valence-electron chi connectivity index (χ4n) is 2.46. The third-order valence-electron chi connectivity index (χ3n) is 3.48. The van der Waals surface area contributed by atoms with E-state index < -0.39 is 0 Å². The Hall–Kier alpha value is -2.61. The summed E-state index contributed by atoms with van der Waals surface area (Å²) in [5.74, 6) is 0. The molecule has 0 saturated carbocycles. The summed E-state index contributed by atoms with van der Waals surface area (Å²) in [6.45, 7) is 0. The van der Waals surface area contributed by atoms with E-state index in [2.05, 4.69) is 46.4 Å². The molecule has 4 rings (SSSR count). The van der Waals surface area contributed by atoms with Gasteiger partial charge < -0.3 is 4.98 Å². The highest BCUT2D eigenvalue weighted by atomic mass is 14.7. The standard InChI is InChI=1S/C17H12N2/c1-2-4-16-13(3-1)10-15(11-19-16)12-5-6-17-14(9-12)7-8-18-17/h1-11,18H. The number of rotatable bonds is 1. The van der Waals surface area contributed by atoms with Crippen LogP contribution in [0, 0.1) is 0 Å². The van der Waals surface area contributed by atoms with Crippen LogP contribution in [0.1, 0.15) is 0 Å². The van der Waals surface area contributed by atoms with Crippen molar-refractivity contribution in [3.63, 3.8) is 0 Å². The molecule has 0 bridgehead atoms. The highest BCUT2D eigenvalue weighted by molar-refractivity contribution is 5.88. The summed E-state index contributed by atoms with van der Waals surface area (Å²) in [5.41, 5.74) is 4.55. The van der Waals surface area contributed by atoms with Gasteiger partial charge in [0.25, 0.3) is 0 Å². The Morgan fingerprint density at radius 2 is 1.68 bits per heavy atom. The van der Waals surface area contributed by atoms with Gasteiger partial charge >= 0.3 is 0 Å². The van der Waals surface area contributed by atoms with Gasteiger partial charge in [-0.15, -0.1) is 0 Å². The fraction of sp³-hybridized carbons (Fsp3) is 0. The third kappa shape index (κ3) is 1.69. The van der Waals surface area contributed by atoms with Gasteiger partial charge in [-0.1, -0.05) is 24.3 Å². The predicted octanol–water partition coefficient (Wildman–Crippen LogP) is 4.38. The smallest absolute Gasteiger partial charge is 0.0702 e. The van der Waals surface area contributed by atoms with Crippen LogP contribution in [-0.2, 0) is 0 Å². The monoisotopic (exact) mass is 244 g/mol. The molecule has 2 nitrogen and oxygen atoms in total. The topological polar surface area (TPSA) is 28.7 Å². The number of hydrogen-bond donors (Lipinski definition) is 1. The summed E-state index contributed by atoms with van der Waals surface area (Å²) in [4.78, 5) is 7.73. The van der Waals surface area contributed by atoms with E-state index in [1.807, 2.05) is 30.6 Å². The number of hydrogen-bond acceptors (Lipinski definition) is 1. The van der Waals surface area contributed by atoms with Crippen molar-refractivity contribution >= 4 is 21.8 Å². The Morgan fingerprint density at radius 1 is 0.789 bits per heavy atom. The van der Waals surface area contributed by atoms with Gasteiger partial charge in [0.15, 0.2) is 0 Å². The first-order chi connectivity index (χ1) is 9.40. The molecule has 1 N–H and O–H groups in total. The first kappa shape index (κ1) is 10.3. The van der Waals surface area contributed by atoms with E-state index in [1.165, 1.54) is 16.3 Å². The molecule has 2 heterocycles. The summed E-state index contributed by atoms with van der Waals surface area (Å²) >= 11 is 0. The molecular weight excluding hydrogens is 232 g/mol. The van der Waals surface area contributed by atoms with Crippen LogP contribution in [0.3, 0.4) is 0 Å². The van der Waals surface area contributed by atoms with Crippen LogP contribution >= 0.6 is 0 Å². The minimum atomic E-state index is 1.04. The van der Waals surface area contributed by atoms with Crippen molar-refractivity contribution < 1.29 is 0 Å². The van der Waals surface area contributed by atoms with Crippen molar-refractivity contribution in [1.29, 1.82) is 0 Å². The average Bonchev–Trinajstić information content (AvgIpc) is 2.94. The maximum absolute atomic E-state index is 4.52. The molecule has 90 valence electrons. The van der Waals surface area contributed by atoms with Crippen LogP contribution in [-0.4, -0.2) is 9.97 Å². The van der Waals surface area contributed by atoms with Gasteiger partial charge in [-0.2, -0.15) is 0 Å². The van der Waals surface area contributed by atoms with E-state index in [0.29, 0.717) is 0 Å². The lowest BCUT2D eigenvalue weighted by Crippen LogP contribution is -1.82. The molecular formula is C17H12N2. The van der Waals surface area contributed by atoms with Crippen molar-refractivity contribution in [3.8, 4) is 11.1 Å². The van der Waals surface area contributed by atoms with Crippen molar-refractivity contribution in [1.82, 2.24) is 9.97 Å². The summed E-state index contributed by atoms with van der Waals surface area (Å²) < 4.78 is 0. The van der Waals surface area contributed by atoms with Crippen molar-refractivity contribution in [2.45, 2.75) is 0 Å². The number of aromatic nitrogens is 2. The lowest BCUT2D eigenvalue weighted by molar-refractivity contribution is 1.41. The molecule has 0 amide bonds. The van der Waals surface area contributed by atoms with Crippen LogP contribution in [0.4, 0.5) is 0 Å². The average molecular weight is 244 g/mol. The first-order valence-electron chi connectivity index (χ1n) is 6.32. The van der Waals surface area contributed by atoms with Crippen LogP contribution in [0.15, 0.2) is 67.0 Å². The molecule has 0 saturated heterocycles. The number of nitrogens with one attached hydrogen (secondary N) is 1. The maximum Gasteiger partial charge on any atom is 0.0702 e. The molecule has 0 unspecified atom stereocenters. The molecule has 2 aromatic carbocycles. The minimum Gasteiger partial charge on any atom is -0.361 e. The van der Waals surface area contributed by atoms with E-state index >= 15 is 0 Å². The molecule has 2 heteroatoms. The molecule has 0 atom stereocenters. The van der Waals surface area contributed by atoms with Crippen molar-refractivity contribution in [2.75, 3.05) is 0 Å². The molecule has 0 aliphatic rings. The molecule has 4 aromatic rings. The van der Waals surface area contributed by atoms with Gasteiger partial charge in [0.1, 0.15) is 0 Å². The normalized spacial score (nSPS) is 11.2. The lowest BCUT2D eigenvalue weighted by atomic mass is 10.0. The summed E-state index contributed by atoms with van der Waals surface area (Å²) in [7, 11) is 0. The highest BCUT2D eigenvalue weighted by Gasteiger charge is 2.02. The highest BCUT2D eigenvalue weighted by Crippen LogP contribution is 2.25. The second kappa shape index (κ2) is 3.95. The third-order valence-corrected chi connectivity index (χ3v) is 3.48.